The maximum Gasteiger partial charge on any atom is 0.338 e. The predicted octanol–water partition coefficient (Wildman–Crippen LogP) is 4.16. The summed E-state index contributed by atoms with van der Waals surface area (Å²) in [6.45, 7) is 10.4. The number of hydrogen-bond donors (Lipinski definition) is 0. The van der Waals surface area contributed by atoms with E-state index in [9.17, 15) is 9.59 Å². The maximum atomic E-state index is 13.5. The van der Waals surface area contributed by atoms with Crippen molar-refractivity contribution in [3.05, 3.63) is 88.7 Å². The Morgan fingerprint density at radius 1 is 1.22 bits per heavy atom. The van der Waals surface area contributed by atoms with Gasteiger partial charge in [0.15, 0.2) is 4.80 Å². The highest BCUT2D eigenvalue weighted by molar-refractivity contribution is 7.10. The molecule has 3 heterocycles. The zero-order valence-electron chi connectivity index (χ0n) is 18.8. The van der Waals surface area contributed by atoms with Gasteiger partial charge in [-0.05, 0) is 47.9 Å². The SMILES string of the molecule is CCOC(=O)C1=C(C)N=c2s/c(=C\c3ccc(C(C)(C)C)cc3)c(=O)n2[C@@H]1c1cccs1. The topological polar surface area (TPSA) is 60.7 Å². The number of fused-ring (bicyclic) bond motifs is 1. The lowest BCUT2D eigenvalue weighted by Crippen LogP contribution is -2.39. The minimum absolute atomic E-state index is 0.0691. The molecule has 2 aromatic heterocycles. The van der Waals surface area contributed by atoms with Crippen molar-refractivity contribution in [3.8, 4) is 0 Å². The van der Waals surface area contributed by atoms with Gasteiger partial charge in [-0.15, -0.1) is 11.3 Å². The molecule has 0 saturated heterocycles. The van der Waals surface area contributed by atoms with E-state index in [0.717, 1.165) is 10.4 Å². The van der Waals surface area contributed by atoms with Crippen LogP contribution in [0.3, 0.4) is 0 Å². The molecule has 0 amide bonds. The molecule has 32 heavy (non-hydrogen) atoms. The third-order valence-electron chi connectivity index (χ3n) is 5.40. The van der Waals surface area contributed by atoms with Crippen LogP contribution in [0.5, 0.6) is 0 Å². The number of allylic oxidation sites excluding steroid dienone is 1. The van der Waals surface area contributed by atoms with Crippen LogP contribution in [0.15, 0.2) is 62.8 Å². The number of thiazole rings is 1. The number of aromatic nitrogens is 1. The Balaban J connectivity index is 1.86. The highest BCUT2D eigenvalue weighted by atomic mass is 32.1. The largest absolute Gasteiger partial charge is 0.463 e. The molecule has 5 nitrogen and oxygen atoms in total. The number of rotatable bonds is 4. The van der Waals surface area contributed by atoms with E-state index < -0.39 is 12.0 Å². The summed E-state index contributed by atoms with van der Waals surface area (Å²) >= 11 is 2.86. The van der Waals surface area contributed by atoms with Crippen LogP contribution in [0.2, 0.25) is 0 Å². The molecule has 3 aromatic rings. The highest BCUT2D eigenvalue weighted by Gasteiger charge is 2.33. The van der Waals surface area contributed by atoms with Gasteiger partial charge in [0.05, 0.1) is 22.4 Å². The lowest BCUT2D eigenvalue weighted by molar-refractivity contribution is -0.139. The molecular weight excluding hydrogens is 440 g/mol. The zero-order chi connectivity index (χ0) is 23.0. The fourth-order valence-electron chi connectivity index (χ4n) is 3.74. The van der Waals surface area contributed by atoms with Crippen LogP contribution in [0.4, 0.5) is 0 Å². The quantitative estimate of drug-likeness (QED) is 0.543. The summed E-state index contributed by atoms with van der Waals surface area (Å²) in [5.41, 5.74) is 3.12. The third-order valence-corrected chi connectivity index (χ3v) is 7.31. The van der Waals surface area contributed by atoms with Crippen LogP contribution in [-0.2, 0) is 14.9 Å². The first-order valence-corrected chi connectivity index (χ1v) is 12.2. The van der Waals surface area contributed by atoms with Crippen molar-refractivity contribution in [1.29, 1.82) is 0 Å². The average molecular weight is 467 g/mol. The van der Waals surface area contributed by atoms with Gasteiger partial charge < -0.3 is 4.74 Å². The first kappa shape index (κ1) is 22.4. The minimum Gasteiger partial charge on any atom is -0.463 e. The molecule has 0 radical (unpaired) electrons. The number of esters is 1. The maximum absolute atomic E-state index is 13.5. The van der Waals surface area contributed by atoms with Crippen molar-refractivity contribution in [2.45, 2.75) is 46.1 Å². The van der Waals surface area contributed by atoms with E-state index in [1.807, 2.05) is 35.7 Å². The fourth-order valence-corrected chi connectivity index (χ4v) is 5.61. The van der Waals surface area contributed by atoms with E-state index in [1.165, 1.54) is 28.2 Å². The molecule has 0 N–H and O–H groups in total. The molecule has 0 spiro atoms. The molecule has 1 aliphatic rings. The molecule has 1 atom stereocenters. The first-order chi connectivity index (χ1) is 15.2. The van der Waals surface area contributed by atoms with Crippen LogP contribution < -0.4 is 14.9 Å². The number of carbonyl (C=O) groups is 1. The average Bonchev–Trinajstić information content (AvgIpc) is 3.36. The molecule has 1 aliphatic heterocycles. The number of carbonyl (C=O) groups excluding carboxylic acids is 1. The Kier molecular flexibility index (Phi) is 6.05. The first-order valence-electron chi connectivity index (χ1n) is 10.5. The van der Waals surface area contributed by atoms with Crippen LogP contribution in [0.25, 0.3) is 6.08 Å². The summed E-state index contributed by atoms with van der Waals surface area (Å²) < 4.78 is 7.52. The van der Waals surface area contributed by atoms with Gasteiger partial charge in [0.2, 0.25) is 0 Å². The summed E-state index contributed by atoms with van der Waals surface area (Å²) in [5, 5.41) is 1.94. The summed E-state index contributed by atoms with van der Waals surface area (Å²) in [4.78, 5) is 32.4. The lowest BCUT2D eigenvalue weighted by atomic mass is 9.87. The van der Waals surface area contributed by atoms with Crippen molar-refractivity contribution in [2.75, 3.05) is 6.61 Å². The standard InChI is InChI=1S/C25H26N2O3S2/c1-6-30-23(29)20-15(2)26-24-27(21(20)18-8-7-13-31-18)22(28)19(32-24)14-16-9-11-17(12-10-16)25(3,4)5/h7-14,21H,6H2,1-5H3/b19-14-/t21-/m1/s1. The molecule has 0 saturated carbocycles. The molecular formula is C25H26N2O3S2. The molecule has 166 valence electrons. The van der Waals surface area contributed by atoms with Crippen molar-refractivity contribution >= 4 is 34.7 Å². The summed E-state index contributed by atoms with van der Waals surface area (Å²) in [6.07, 6.45) is 1.89. The van der Waals surface area contributed by atoms with Crippen molar-refractivity contribution < 1.29 is 9.53 Å². The number of ether oxygens (including phenoxy) is 1. The Morgan fingerprint density at radius 2 is 1.94 bits per heavy atom. The molecule has 0 fully saturated rings. The van der Waals surface area contributed by atoms with Gasteiger partial charge >= 0.3 is 5.97 Å². The van der Waals surface area contributed by atoms with Crippen molar-refractivity contribution in [2.24, 2.45) is 4.99 Å². The van der Waals surface area contributed by atoms with Crippen LogP contribution in [0.1, 0.15) is 56.7 Å². The van der Waals surface area contributed by atoms with Gasteiger partial charge in [0, 0.05) is 4.88 Å². The van der Waals surface area contributed by atoms with E-state index >= 15 is 0 Å². The summed E-state index contributed by atoms with van der Waals surface area (Å²) in [6, 6.07) is 11.6. The number of hydrogen-bond acceptors (Lipinski definition) is 6. The summed E-state index contributed by atoms with van der Waals surface area (Å²) in [7, 11) is 0. The number of nitrogens with zero attached hydrogens (tertiary/aromatic N) is 2. The smallest absolute Gasteiger partial charge is 0.338 e. The van der Waals surface area contributed by atoms with Gasteiger partial charge in [-0.3, -0.25) is 9.36 Å². The minimum atomic E-state index is -0.532. The molecule has 1 aromatic carbocycles. The lowest BCUT2D eigenvalue weighted by Gasteiger charge is -2.23. The second-order valence-corrected chi connectivity index (χ2v) is 10.7. The zero-order valence-corrected chi connectivity index (χ0v) is 20.5. The second-order valence-electron chi connectivity index (χ2n) is 8.69. The van der Waals surface area contributed by atoms with E-state index in [1.54, 1.807) is 18.4 Å². The van der Waals surface area contributed by atoms with Crippen LogP contribution in [0, 0.1) is 0 Å². The van der Waals surface area contributed by atoms with Crippen LogP contribution in [-0.4, -0.2) is 17.1 Å². The highest BCUT2D eigenvalue weighted by Crippen LogP contribution is 2.33. The Labute approximate surface area is 195 Å². The molecule has 4 rings (SSSR count). The summed E-state index contributed by atoms with van der Waals surface area (Å²) in [5.74, 6) is -0.431. The fraction of sp³-hybridized carbons (Fsp3) is 0.320. The van der Waals surface area contributed by atoms with Crippen molar-refractivity contribution in [3.63, 3.8) is 0 Å². The van der Waals surface area contributed by atoms with Gasteiger partial charge in [0.1, 0.15) is 6.04 Å². The van der Waals surface area contributed by atoms with E-state index in [0.29, 0.717) is 20.6 Å². The molecule has 0 bridgehead atoms. The van der Waals surface area contributed by atoms with Gasteiger partial charge in [-0.25, -0.2) is 9.79 Å². The van der Waals surface area contributed by atoms with Crippen molar-refractivity contribution in [1.82, 2.24) is 4.57 Å². The van der Waals surface area contributed by atoms with E-state index in [-0.39, 0.29) is 17.6 Å². The monoisotopic (exact) mass is 466 g/mol. The number of thiophene rings is 1. The van der Waals surface area contributed by atoms with Gasteiger partial charge in [-0.1, -0.05) is 62.4 Å². The number of benzene rings is 1. The van der Waals surface area contributed by atoms with E-state index in [2.05, 4.69) is 37.9 Å². The Morgan fingerprint density at radius 3 is 2.53 bits per heavy atom. The Bertz CT molecular complexity index is 1350. The third kappa shape index (κ3) is 4.14. The Hall–Kier alpha value is -2.77. The second kappa shape index (κ2) is 8.64. The predicted molar refractivity (Wildman–Crippen MR) is 130 cm³/mol. The molecule has 0 unspecified atom stereocenters. The van der Waals surface area contributed by atoms with Gasteiger partial charge in [-0.2, -0.15) is 0 Å². The van der Waals surface area contributed by atoms with E-state index in [4.69, 9.17) is 4.74 Å². The normalized spacial score (nSPS) is 16.7. The molecule has 0 aliphatic carbocycles. The van der Waals surface area contributed by atoms with Crippen LogP contribution >= 0.6 is 22.7 Å². The molecule has 7 heteroatoms. The van der Waals surface area contributed by atoms with Gasteiger partial charge in [0.25, 0.3) is 5.56 Å².